The van der Waals surface area contributed by atoms with Gasteiger partial charge in [0.25, 0.3) is 0 Å². The second-order valence-corrected chi connectivity index (χ2v) is 4.91. The molecule has 1 saturated heterocycles. The first-order valence-electron chi connectivity index (χ1n) is 6.11. The lowest BCUT2D eigenvalue weighted by Crippen LogP contribution is -2.26. The molecule has 17 heavy (non-hydrogen) atoms. The number of rotatable bonds is 3. The van der Waals surface area contributed by atoms with E-state index in [1.807, 2.05) is 0 Å². The van der Waals surface area contributed by atoms with Crippen LogP contribution in [-0.2, 0) is 4.79 Å². The molecule has 0 radical (unpaired) electrons. The number of aryl methyl sites for hydroxylation is 1. The van der Waals surface area contributed by atoms with Gasteiger partial charge in [0.2, 0.25) is 0 Å². The summed E-state index contributed by atoms with van der Waals surface area (Å²) in [4.78, 5) is 13.2. The Morgan fingerprint density at radius 2 is 2.29 bits per heavy atom. The molecular formula is C14H19NO2. The number of carboxylic acid groups (broad SMARTS) is 1. The molecule has 0 bridgehead atoms. The molecule has 3 nitrogen and oxygen atoms in total. The highest BCUT2D eigenvalue weighted by Crippen LogP contribution is 2.27. The van der Waals surface area contributed by atoms with Crippen LogP contribution in [0.25, 0.3) is 0 Å². The van der Waals surface area contributed by atoms with Crippen molar-refractivity contribution in [1.82, 2.24) is 4.90 Å². The van der Waals surface area contributed by atoms with E-state index in [2.05, 4.69) is 43.0 Å². The number of carboxylic acids is 1. The first-order chi connectivity index (χ1) is 8.08. The molecule has 1 heterocycles. The fourth-order valence-electron chi connectivity index (χ4n) is 2.48. The Morgan fingerprint density at radius 1 is 1.53 bits per heavy atom. The van der Waals surface area contributed by atoms with Crippen LogP contribution in [0.4, 0.5) is 0 Å². The van der Waals surface area contributed by atoms with Crippen molar-refractivity contribution in [1.29, 1.82) is 0 Å². The third-order valence-corrected chi connectivity index (χ3v) is 3.64. The van der Waals surface area contributed by atoms with Gasteiger partial charge < -0.3 is 5.11 Å². The molecule has 0 aromatic heterocycles. The van der Waals surface area contributed by atoms with E-state index in [0.717, 1.165) is 13.0 Å². The smallest absolute Gasteiger partial charge is 0.307 e. The van der Waals surface area contributed by atoms with Crippen LogP contribution < -0.4 is 0 Å². The minimum absolute atomic E-state index is 0.192. The molecular weight excluding hydrogens is 214 g/mol. The second-order valence-electron chi connectivity index (χ2n) is 4.91. The quantitative estimate of drug-likeness (QED) is 0.871. The number of nitrogens with zero attached hydrogens (tertiary/aromatic N) is 1. The van der Waals surface area contributed by atoms with E-state index in [1.54, 1.807) is 0 Å². The molecule has 0 amide bonds. The summed E-state index contributed by atoms with van der Waals surface area (Å²) < 4.78 is 0. The zero-order chi connectivity index (χ0) is 12.4. The Morgan fingerprint density at radius 3 is 2.88 bits per heavy atom. The van der Waals surface area contributed by atoms with E-state index in [0.29, 0.717) is 12.6 Å². The normalized spacial score (nSPS) is 22.6. The molecule has 0 aliphatic carbocycles. The second kappa shape index (κ2) is 4.88. The van der Waals surface area contributed by atoms with Crippen LogP contribution in [0, 0.1) is 12.8 Å². The molecule has 92 valence electrons. The molecule has 0 saturated carbocycles. The Labute approximate surface area is 102 Å². The van der Waals surface area contributed by atoms with Gasteiger partial charge in [-0.05, 0) is 32.4 Å². The third kappa shape index (κ3) is 2.67. The maximum absolute atomic E-state index is 10.9. The van der Waals surface area contributed by atoms with Crippen molar-refractivity contribution in [2.24, 2.45) is 5.92 Å². The average molecular weight is 233 g/mol. The highest BCUT2D eigenvalue weighted by atomic mass is 16.4. The molecule has 0 spiro atoms. The van der Waals surface area contributed by atoms with Crippen molar-refractivity contribution in [3.63, 3.8) is 0 Å². The van der Waals surface area contributed by atoms with Gasteiger partial charge in [-0.3, -0.25) is 9.69 Å². The van der Waals surface area contributed by atoms with Gasteiger partial charge >= 0.3 is 5.97 Å². The molecule has 0 unspecified atom stereocenters. The van der Waals surface area contributed by atoms with Crippen molar-refractivity contribution < 1.29 is 9.90 Å². The zero-order valence-electron chi connectivity index (χ0n) is 10.4. The summed E-state index contributed by atoms with van der Waals surface area (Å²) in [5.74, 6) is -0.855. The summed E-state index contributed by atoms with van der Waals surface area (Å²) in [5.41, 5.74) is 2.53. The molecule has 3 heteroatoms. The van der Waals surface area contributed by atoms with E-state index < -0.39 is 5.97 Å². The minimum Gasteiger partial charge on any atom is -0.481 e. The van der Waals surface area contributed by atoms with Crippen LogP contribution in [0.3, 0.4) is 0 Å². The van der Waals surface area contributed by atoms with Crippen molar-refractivity contribution in [2.75, 3.05) is 13.1 Å². The number of benzene rings is 1. The first-order valence-corrected chi connectivity index (χ1v) is 6.11. The van der Waals surface area contributed by atoms with E-state index in [-0.39, 0.29) is 5.92 Å². The number of carbonyl (C=O) groups is 1. The molecule has 1 aliphatic heterocycles. The topological polar surface area (TPSA) is 40.5 Å². The molecule has 1 aromatic rings. The minimum atomic E-state index is -0.663. The summed E-state index contributed by atoms with van der Waals surface area (Å²) in [6.45, 7) is 5.79. The number of aliphatic carboxylic acids is 1. The van der Waals surface area contributed by atoms with Gasteiger partial charge in [0.05, 0.1) is 5.92 Å². The van der Waals surface area contributed by atoms with Gasteiger partial charge in [-0.1, -0.05) is 29.8 Å². The summed E-state index contributed by atoms with van der Waals surface area (Å²) in [7, 11) is 0. The van der Waals surface area contributed by atoms with Gasteiger partial charge in [0.15, 0.2) is 0 Å². The molecule has 1 aliphatic rings. The Bertz CT molecular complexity index is 416. The van der Waals surface area contributed by atoms with Gasteiger partial charge in [0, 0.05) is 12.6 Å². The monoisotopic (exact) mass is 233 g/mol. The maximum Gasteiger partial charge on any atom is 0.307 e. The summed E-state index contributed by atoms with van der Waals surface area (Å²) in [5, 5.41) is 9.00. The van der Waals surface area contributed by atoms with Gasteiger partial charge in [-0.15, -0.1) is 0 Å². The lowest BCUT2D eigenvalue weighted by Gasteiger charge is -2.24. The van der Waals surface area contributed by atoms with Crippen LogP contribution in [0.5, 0.6) is 0 Å². The van der Waals surface area contributed by atoms with E-state index in [4.69, 9.17) is 5.11 Å². The van der Waals surface area contributed by atoms with Crippen molar-refractivity contribution >= 4 is 5.97 Å². The number of likely N-dealkylation sites (tertiary alicyclic amines) is 1. The molecule has 1 aromatic carbocycles. The Hall–Kier alpha value is -1.35. The summed E-state index contributed by atoms with van der Waals surface area (Å²) >= 11 is 0. The maximum atomic E-state index is 10.9. The highest BCUT2D eigenvalue weighted by Gasteiger charge is 2.30. The van der Waals surface area contributed by atoms with Crippen molar-refractivity contribution in [3.8, 4) is 0 Å². The Kier molecular flexibility index (Phi) is 3.48. The lowest BCUT2D eigenvalue weighted by atomic mass is 10.0. The van der Waals surface area contributed by atoms with Crippen LogP contribution in [0.1, 0.15) is 30.5 Å². The van der Waals surface area contributed by atoms with Crippen LogP contribution >= 0.6 is 0 Å². The lowest BCUT2D eigenvalue weighted by molar-refractivity contribution is -0.141. The van der Waals surface area contributed by atoms with Gasteiger partial charge in [-0.2, -0.15) is 0 Å². The Balaban J connectivity index is 2.06. The largest absolute Gasteiger partial charge is 0.481 e. The fourth-order valence-corrected chi connectivity index (χ4v) is 2.48. The number of hydrogen-bond acceptors (Lipinski definition) is 2. The predicted octanol–water partition coefficient (Wildman–Crippen LogP) is 2.46. The highest BCUT2D eigenvalue weighted by molar-refractivity contribution is 5.70. The molecule has 2 rings (SSSR count). The van der Waals surface area contributed by atoms with Crippen molar-refractivity contribution in [3.05, 3.63) is 35.4 Å². The zero-order valence-corrected chi connectivity index (χ0v) is 10.4. The summed E-state index contributed by atoms with van der Waals surface area (Å²) in [6.07, 6.45) is 0.769. The SMILES string of the molecule is Cc1cccc([C@@H](C)N2CC[C@H](C(=O)O)C2)c1. The van der Waals surface area contributed by atoms with E-state index >= 15 is 0 Å². The molecule has 1 N–H and O–H groups in total. The van der Waals surface area contributed by atoms with Crippen LogP contribution in [-0.4, -0.2) is 29.1 Å². The van der Waals surface area contributed by atoms with E-state index in [9.17, 15) is 4.79 Å². The predicted molar refractivity (Wildman–Crippen MR) is 66.9 cm³/mol. The fraction of sp³-hybridized carbons (Fsp3) is 0.500. The standard InChI is InChI=1S/C14H19NO2/c1-10-4-3-5-12(8-10)11(2)15-7-6-13(9-15)14(16)17/h3-5,8,11,13H,6-7,9H2,1-2H3,(H,16,17)/t11-,13+/m1/s1. The van der Waals surface area contributed by atoms with Crippen molar-refractivity contribution in [2.45, 2.75) is 26.3 Å². The molecule has 1 fully saturated rings. The third-order valence-electron chi connectivity index (χ3n) is 3.64. The molecule has 2 atom stereocenters. The summed E-state index contributed by atoms with van der Waals surface area (Å²) in [6, 6.07) is 8.75. The average Bonchev–Trinajstić information content (AvgIpc) is 2.77. The van der Waals surface area contributed by atoms with Gasteiger partial charge in [-0.25, -0.2) is 0 Å². The number of hydrogen-bond donors (Lipinski definition) is 1. The van der Waals surface area contributed by atoms with E-state index in [1.165, 1.54) is 11.1 Å². The van der Waals surface area contributed by atoms with Crippen LogP contribution in [0.15, 0.2) is 24.3 Å². The van der Waals surface area contributed by atoms with Crippen LogP contribution in [0.2, 0.25) is 0 Å². The first kappa shape index (κ1) is 12.1. The van der Waals surface area contributed by atoms with Gasteiger partial charge in [0.1, 0.15) is 0 Å².